The molecule has 0 saturated heterocycles. The quantitative estimate of drug-likeness (QED) is 0.833. The van der Waals surface area contributed by atoms with Crippen molar-refractivity contribution in [1.29, 1.82) is 0 Å². The molecule has 0 fully saturated rings. The highest BCUT2D eigenvalue weighted by Crippen LogP contribution is 2.16. The molecule has 1 aromatic carbocycles. The van der Waals surface area contributed by atoms with Gasteiger partial charge in [0.05, 0.1) is 16.8 Å². The van der Waals surface area contributed by atoms with Gasteiger partial charge in [0.2, 0.25) is 0 Å². The molecule has 112 valence electrons. The van der Waals surface area contributed by atoms with Gasteiger partial charge in [-0.25, -0.2) is 0 Å². The molecular formula is C17H17N3O2. The Hall–Kier alpha value is -2.95. The van der Waals surface area contributed by atoms with E-state index < -0.39 is 0 Å². The third kappa shape index (κ3) is 3.79. The van der Waals surface area contributed by atoms with E-state index in [1.54, 1.807) is 42.5 Å². The summed E-state index contributed by atoms with van der Waals surface area (Å²) in [6.07, 6.45) is 3.10. The van der Waals surface area contributed by atoms with E-state index in [0.29, 0.717) is 23.4 Å². The Morgan fingerprint density at radius 3 is 2.64 bits per heavy atom. The number of carbonyl (C=O) groups is 2. The smallest absolute Gasteiger partial charge is 0.257 e. The molecule has 0 aliphatic heterocycles. The zero-order valence-corrected chi connectivity index (χ0v) is 12.3. The lowest BCUT2D eigenvalue weighted by atomic mass is 10.1. The number of carbonyl (C=O) groups excluding carboxylic acids is 2. The number of aryl methyl sites for hydroxylation is 1. The summed E-state index contributed by atoms with van der Waals surface area (Å²) in [6, 6.07) is 10.3. The summed E-state index contributed by atoms with van der Waals surface area (Å²) >= 11 is 0. The Morgan fingerprint density at radius 2 is 1.95 bits per heavy atom. The first kappa shape index (κ1) is 15.4. The van der Waals surface area contributed by atoms with Crippen molar-refractivity contribution < 1.29 is 9.59 Å². The molecule has 0 aliphatic carbocycles. The molecule has 2 amide bonds. The van der Waals surface area contributed by atoms with Gasteiger partial charge in [-0.3, -0.25) is 14.6 Å². The number of para-hydroxylation sites is 1. The van der Waals surface area contributed by atoms with Crippen molar-refractivity contribution >= 4 is 17.5 Å². The van der Waals surface area contributed by atoms with Crippen LogP contribution in [-0.2, 0) is 0 Å². The van der Waals surface area contributed by atoms with Crippen molar-refractivity contribution in [2.45, 2.75) is 6.92 Å². The van der Waals surface area contributed by atoms with Crippen molar-refractivity contribution in [3.8, 4) is 0 Å². The van der Waals surface area contributed by atoms with Crippen molar-refractivity contribution in [3.05, 3.63) is 72.1 Å². The third-order valence-electron chi connectivity index (χ3n) is 3.00. The fourth-order valence-electron chi connectivity index (χ4n) is 1.85. The third-order valence-corrected chi connectivity index (χ3v) is 3.00. The first-order valence-corrected chi connectivity index (χ1v) is 6.84. The molecule has 2 rings (SSSR count). The average molecular weight is 295 g/mol. The molecule has 1 heterocycles. The van der Waals surface area contributed by atoms with Crippen LogP contribution < -0.4 is 10.6 Å². The molecule has 0 bridgehead atoms. The second kappa shape index (κ2) is 7.17. The first-order chi connectivity index (χ1) is 10.6. The predicted octanol–water partition coefficient (Wildman–Crippen LogP) is 2.56. The normalized spacial score (nSPS) is 9.86. The van der Waals surface area contributed by atoms with Crippen LogP contribution in [0.5, 0.6) is 0 Å². The van der Waals surface area contributed by atoms with E-state index >= 15 is 0 Å². The van der Waals surface area contributed by atoms with Gasteiger partial charge in [-0.1, -0.05) is 18.2 Å². The second-order valence-corrected chi connectivity index (χ2v) is 4.69. The second-order valence-electron chi connectivity index (χ2n) is 4.69. The Labute approximate surface area is 129 Å². The number of anilines is 1. The molecule has 2 aromatic rings. The summed E-state index contributed by atoms with van der Waals surface area (Å²) in [7, 11) is 0. The lowest BCUT2D eigenvalue weighted by Gasteiger charge is -2.10. The number of amides is 2. The van der Waals surface area contributed by atoms with E-state index in [4.69, 9.17) is 0 Å². The maximum absolute atomic E-state index is 12.2. The number of benzene rings is 1. The van der Waals surface area contributed by atoms with Crippen molar-refractivity contribution in [3.63, 3.8) is 0 Å². The maximum atomic E-state index is 12.2. The largest absolute Gasteiger partial charge is 0.349 e. The van der Waals surface area contributed by atoms with E-state index in [9.17, 15) is 9.59 Å². The zero-order valence-electron chi connectivity index (χ0n) is 12.3. The molecule has 0 aliphatic rings. The van der Waals surface area contributed by atoms with E-state index in [1.807, 2.05) is 6.92 Å². The summed E-state index contributed by atoms with van der Waals surface area (Å²) < 4.78 is 0. The van der Waals surface area contributed by atoms with Crippen LogP contribution in [0, 0.1) is 6.92 Å². The van der Waals surface area contributed by atoms with Gasteiger partial charge in [-0.05, 0) is 31.2 Å². The fraction of sp³-hybridized carbons (Fsp3) is 0.118. The fourth-order valence-corrected chi connectivity index (χ4v) is 1.85. The highest BCUT2D eigenvalue weighted by molar-refractivity contribution is 6.08. The average Bonchev–Trinajstić information content (AvgIpc) is 2.53. The highest BCUT2D eigenvalue weighted by atomic mass is 16.2. The summed E-state index contributed by atoms with van der Waals surface area (Å²) in [4.78, 5) is 28.4. The van der Waals surface area contributed by atoms with E-state index in [-0.39, 0.29) is 11.8 Å². The van der Waals surface area contributed by atoms with E-state index in [1.165, 1.54) is 6.20 Å². The van der Waals surface area contributed by atoms with Crippen molar-refractivity contribution in [2.75, 3.05) is 11.9 Å². The Balaban J connectivity index is 2.18. The van der Waals surface area contributed by atoms with Gasteiger partial charge in [0.15, 0.2) is 0 Å². The maximum Gasteiger partial charge on any atom is 0.257 e. The van der Waals surface area contributed by atoms with Gasteiger partial charge in [-0.15, -0.1) is 6.58 Å². The summed E-state index contributed by atoms with van der Waals surface area (Å²) in [6.45, 7) is 5.76. The van der Waals surface area contributed by atoms with Gasteiger partial charge in [0.1, 0.15) is 0 Å². The van der Waals surface area contributed by atoms with Crippen LogP contribution in [0.1, 0.15) is 26.4 Å². The van der Waals surface area contributed by atoms with E-state index in [2.05, 4.69) is 22.2 Å². The Bertz CT molecular complexity index is 693. The predicted molar refractivity (Wildman–Crippen MR) is 85.9 cm³/mol. The van der Waals surface area contributed by atoms with Crippen LogP contribution in [-0.4, -0.2) is 23.3 Å². The minimum absolute atomic E-state index is 0.266. The number of rotatable bonds is 5. The molecule has 1 aromatic heterocycles. The van der Waals surface area contributed by atoms with Crippen molar-refractivity contribution in [2.24, 2.45) is 0 Å². The van der Waals surface area contributed by atoms with E-state index in [0.717, 1.165) is 5.69 Å². The van der Waals surface area contributed by atoms with Gasteiger partial charge in [0, 0.05) is 18.4 Å². The molecule has 0 radical (unpaired) electrons. The molecule has 5 nitrogen and oxygen atoms in total. The molecule has 0 atom stereocenters. The number of pyridine rings is 1. The van der Waals surface area contributed by atoms with Gasteiger partial charge in [0.25, 0.3) is 11.8 Å². The number of nitrogens with one attached hydrogen (secondary N) is 2. The van der Waals surface area contributed by atoms with Crippen LogP contribution in [0.3, 0.4) is 0 Å². The monoisotopic (exact) mass is 295 g/mol. The summed E-state index contributed by atoms with van der Waals surface area (Å²) in [5.41, 5.74) is 2.13. The molecule has 0 saturated carbocycles. The van der Waals surface area contributed by atoms with Gasteiger partial charge in [-0.2, -0.15) is 0 Å². The Morgan fingerprint density at radius 1 is 1.18 bits per heavy atom. The molecular weight excluding hydrogens is 278 g/mol. The van der Waals surface area contributed by atoms with Crippen LogP contribution in [0.25, 0.3) is 0 Å². The SMILES string of the molecule is C=CCNC(=O)c1ccccc1NC(=O)c1ccc(C)nc1. The number of nitrogens with zero attached hydrogens (tertiary/aromatic N) is 1. The highest BCUT2D eigenvalue weighted by Gasteiger charge is 2.13. The zero-order chi connectivity index (χ0) is 15.9. The number of hydrogen-bond acceptors (Lipinski definition) is 3. The van der Waals surface area contributed by atoms with Gasteiger partial charge >= 0.3 is 0 Å². The summed E-state index contributed by atoms with van der Waals surface area (Å²) in [5, 5.41) is 5.43. The van der Waals surface area contributed by atoms with Crippen LogP contribution in [0.2, 0.25) is 0 Å². The Kier molecular flexibility index (Phi) is 5.03. The molecule has 22 heavy (non-hydrogen) atoms. The lowest BCUT2D eigenvalue weighted by molar-refractivity contribution is 0.0959. The van der Waals surface area contributed by atoms with Crippen LogP contribution >= 0.6 is 0 Å². The van der Waals surface area contributed by atoms with Crippen molar-refractivity contribution in [1.82, 2.24) is 10.3 Å². The summed E-state index contributed by atoms with van der Waals surface area (Å²) in [5.74, 6) is -0.575. The molecule has 0 spiro atoms. The van der Waals surface area contributed by atoms with Crippen LogP contribution in [0.4, 0.5) is 5.69 Å². The minimum Gasteiger partial charge on any atom is -0.349 e. The number of hydrogen-bond donors (Lipinski definition) is 2. The van der Waals surface area contributed by atoms with Crippen LogP contribution in [0.15, 0.2) is 55.3 Å². The lowest BCUT2D eigenvalue weighted by Crippen LogP contribution is -2.25. The number of aromatic nitrogens is 1. The molecule has 2 N–H and O–H groups in total. The standard InChI is InChI=1S/C17H17N3O2/c1-3-10-18-17(22)14-6-4-5-7-15(14)20-16(21)13-9-8-12(2)19-11-13/h3-9,11H,1,10H2,2H3,(H,18,22)(H,20,21). The van der Waals surface area contributed by atoms with Gasteiger partial charge < -0.3 is 10.6 Å². The minimum atomic E-state index is -0.309. The molecule has 0 unspecified atom stereocenters. The first-order valence-electron chi connectivity index (χ1n) is 6.84. The molecule has 5 heteroatoms. The topological polar surface area (TPSA) is 71.1 Å².